The van der Waals surface area contributed by atoms with Gasteiger partial charge in [0.15, 0.2) is 11.6 Å². The average Bonchev–Trinajstić information content (AvgIpc) is 2.89. The highest BCUT2D eigenvalue weighted by atomic mass is 19.1. The van der Waals surface area contributed by atoms with Crippen LogP contribution in [0, 0.1) is 23.1 Å². The lowest BCUT2D eigenvalue weighted by atomic mass is 9.72. The Balaban J connectivity index is 1.36. The molecule has 0 unspecified atom stereocenters. The summed E-state index contributed by atoms with van der Waals surface area (Å²) in [6, 6.07) is 25.5. The van der Waals surface area contributed by atoms with E-state index in [0.29, 0.717) is 6.54 Å². The largest absolute Gasteiger partial charge is 0.488 e. The molecule has 6 heteroatoms. The van der Waals surface area contributed by atoms with E-state index in [-0.39, 0.29) is 23.8 Å². The van der Waals surface area contributed by atoms with Crippen molar-refractivity contribution in [1.82, 2.24) is 4.90 Å². The van der Waals surface area contributed by atoms with Gasteiger partial charge in [0, 0.05) is 6.54 Å². The van der Waals surface area contributed by atoms with E-state index in [1.54, 1.807) is 0 Å². The van der Waals surface area contributed by atoms with Gasteiger partial charge in [0.2, 0.25) is 0 Å². The van der Waals surface area contributed by atoms with Crippen LogP contribution in [0.4, 0.5) is 4.39 Å². The number of hydrogen-bond acceptors (Lipinski definition) is 5. The number of likely N-dealkylation sites (tertiary alicyclic amines) is 1. The van der Waals surface area contributed by atoms with Gasteiger partial charge < -0.3 is 19.8 Å². The van der Waals surface area contributed by atoms with Gasteiger partial charge >= 0.3 is 0 Å². The van der Waals surface area contributed by atoms with Crippen LogP contribution in [0.1, 0.15) is 29.5 Å². The number of ether oxygens (including phenoxy) is 1. The third-order valence-corrected chi connectivity index (χ3v) is 6.57. The molecule has 1 saturated heterocycles. The summed E-state index contributed by atoms with van der Waals surface area (Å²) in [5, 5.41) is 31.3. The molecule has 0 radical (unpaired) electrons. The predicted octanol–water partition coefficient (Wildman–Crippen LogP) is 4.09. The van der Waals surface area contributed by atoms with Gasteiger partial charge in [-0.2, -0.15) is 5.26 Å². The molecule has 4 rings (SSSR count). The first-order valence-corrected chi connectivity index (χ1v) is 11.6. The highest BCUT2D eigenvalue weighted by molar-refractivity contribution is 5.37. The molecule has 0 bridgehead atoms. The number of piperidine rings is 1. The zero-order chi connectivity index (χ0) is 24.0. The van der Waals surface area contributed by atoms with Crippen molar-refractivity contribution < 1.29 is 19.3 Å². The van der Waals surface area contributed by atoms with Gasteiger partial charge in [-0.05, 0) is 61.2 Å². The normalized spacial score (nSPS) is 16.1. The molecule has 1 heterocycles. The zero-order valence-corrected chi connectivity index (χ0v) is 19.0. The first-order chi connectivity index (χ1) is 16.5. The third kappa shape index (κ3) is 5.28. The van der Waals surface area contributed by atoms with Crippen LogP contribution < -0.4 is 4.74 Å². The maximum atomic E-state index is 14.0. The molecule has 1 aliphatic rings. The van der Waals surface area contributed by atoms with Gasteiger partial charge in [0.1, 0.15) is 18.3 Å². The van der Waals surface area contributed by atoms with Gasteiger partial charge in [-0.1, -0.05) is 60.7 Å². The number of halogens is 1. The van der Waals surface area contributed by atoms with Crippen molar-refractivity contribution in [2.75, 3.05) is 26.2 Å². The van der Waals surface area contributed by atoms with Crippen LogP contribution in [-0.2, 0) is 5.60 Å². The third-order valence-electron chi connectivity index (χ3n) is 6.57. The smallest absolute Gasteiger partial charge is 0.166 e. The van der Waals surface area contributed by atoms with E-state index >= 15 is 0 Å². The molecule has 1 atom stereocenters. The number of nitriles is 1. The predicted molar refractivity (Wildman–Crippen MR) is 128 cm³/mol. The number of rotatable bonds is 8. The SMILES string of the molecule is N#Cc1ccc(OC[C@H](O)CN2CCC(C(O)(c3ccccc3)c3ccccc3)CC2)c(F)c1. The molecule has 176 valence electrons. The summed E-state index contributed by atoms with van der Waals surface area (Å²) >= 11 is 0. The van der Waals surface area contributed by atoms with Crippen molar-refractivity contribution in [3.63, 3.8) is 0 Å². The first-order valence-electron chi connectivity index (χ1n) is 11.6. The van der Waals surface area contributed by atoms with Crippen LogP contribution in [0.3, 0.4) is 0 Å². The molecule has 0 saturated carbocycles. The second-order valence-electron chi connectivity index (χ2n) is 8.80. The molecular formula is C28H29FN2O3. The van der Waals surface area contributed by atoms with E-state index in [1.807, 2.05) is 66.7 Å². The van der Waals surface area contributed by atoms with Crippen molar-refractivity contribution >= 4 is 0 Å². The molecule has 1 fully saturated rings. The molecule has 0 spiro atoms. The van der Waals surface area contributed by atoms with Gasteiger partial charge in [-0.25, -0.2) is 4.39 Å². The average molecular weight is 461 g/mol. The minimum Gasteiger partial charge on any atom is -0.488 e. The minimum atomic E-state index is -1.08. The van der Waals surface area contributed by atoms with Crippen LogP contribution in [0.25, 0.3) is 0 Å². The summed E-state index contributed by atoms with van der Waals surface area (Å²) in [7, 11) is 0. The highest BCUT2D eigenvalue weighted by Crippen LogP contribution is 2.41. The van der Waals surface area contributed by atoms with Gasteiger partial charge in [-0.3, -0.25) is 0 Å². The Morgan fingerprint density at radius 2 is 1.59 bits per heavy atom. The highest BCUT2D eigenvalue weighted by Gasteiger charge is 2.41. The van der Waals surface area contributed by atoms with Crippen LogP contribution in [0.2, 0.25) is 0 Å². The van der Waals surface area contributed by atoms with Crippen molar-refractivity contribution in [2.45, 2.75) is 24.5 Å². The maximum Gasteiger partial charge on any atom is 0.166 e. The van der Waals surface area contributed by atoms with Crippen molar-refractivity contribution in [1.29, 1.82) is 5.26 Å². The van der Waals surface area contributed by atoms with Crippen LogP contribution in [-0.4, -0.2) is 47.5 Å². The van der Waals surface area contributed by atoms with E-state index in [0.717, 1.165) is 43.1 Å². The van der Waals surface area contributed by atoms with Gasteiger partial charge in [0.25, 0.3) is 0 Å². The fraction of sp³-hybridized carbons (Fsp3) is 0.321. The summed E-state index contributed by atoms with van der Waals surface area (Å²) in [4.78, 5) is 2.15. The van der Waals surface area contributed by atoms with E-state index < -0.39 is 17.5 Å². The number of β-amino-alcohol motifs (C(OH)–C–C–N with tert-alkyl or cyclic N) is 1. The van der Waals surface area contributed by atoms with Crippen molar-refractivity contribution in [3.05, 3.63) is 101 Å². The Kier molecular flexibility index (Phi) is 7.59. The standard InChI is InChI=1S/C28H29FN2O3/c29-26-17-21(18-30)11-12-27(26)34-20-25(32)19-31-15-13-24(14-16-31)28(33,22-7-3-1-4-8-22)23-9-5-2-6-10-23/h1-12,17,24-25,32-33H,13-16,19-20H2/t25-/m1/s1. The van der Waals surface area contributed by atoms with Gasteiger partial charge in [-0.15, -0.1) is 0 Å². The molecule has 3 aromatic carbocycles. The molecule has 0 amide bonds. The van der Waals surface area contributed by atoms with Gasteiger partial charge in [0.05, 0.1) is 11.6 Å². The fourth-order valence-electron chi connectivity index (χ4n) is 4.78. The topological polar surface area (TPSA) is 76.7 Å². The lowest BCUT2D eigenvalue weighted by molar-refractivity contribution is -0.0223. The van der Waals surface area contributed by atoms with Crippen LogP contribution in [0.15, 0.2) is 78.9 Å². The Morgan fingerprint density at radius 3 is 2.12 bits per heavy atom. The molecule has 3 aromatic rings. The monoisotopic (exact) mass is 460 g/mol. The van der Waals surface area contributed by atoms with Crippen LogP contribution >= 0.6 is 0 Å². The molecule has 5 nitrogen and oxygen atoms in total. The maximum absolute atomic E-state index is 14.0. The second kappa shape index (κ2) is 10.8. The Hall–Kier alpha value is -3.24. The quantitative estimate of drug-likeness (QED) is 0.530. The molecule has 2 N–H and O–H groups in total. The molecule has 1 aliphatic heterocycles. The summed E-state index contributed by atoms with van der Waals surface area (Å²) < 4.78 is 19.4. The Bertz CT molecular complexity index is 1070. The summed E-state index contributed by atoms with van der Waals surface area (Å²) in [6.45, 7) is 1.82. The Labute approximate surface area is 199 Å². The zero-order valence-electron chi connectivity index (χ0n) is 19.0. The first kappa shape index (κ1) is 23.9. The van der Waals surface area contributed by atoms with Crippen LogP contribution in [0.5, 0.6) is 5.75 Å². The molecular weight excluding hydrogens is 431 g/mol. The Morgan fingerprint density at radius 1 is 1.00 bits per heavy atom. The molecule has 0 aromatic heterocycles. The fourth-order valence-corrected chi connectivity index (χ4v) is 4.78. The minimum absolute atomic E-state index is 0.0209. The summed E-state index contributed by atoms with van der Waals surface area (Å²) in [6.07, 6.45) is 0.768. The van der Waals surface area contributed by atoms with Crippen molar-refractivity contribution in [2.24, 2.45) is 5.92 Å². The van der Waals surface area contributed by atoms with E-state index in [1.165, 1.54) is 12.1 Å². The number of aliphatic hydroxyl groups excluding tert-OH is 1. The number of aliphatic hydroxyl groups is 2. The molecule has 34 heavy (non-hydrogen) atoms. The van der Waals surface area contributed by atoms with E-state index in [9.17, 15) is 14.6 Å². The van der Waals surface area contributed by atoms with E-state index in [2.05, 4.69) is 4.90 Å². The number of hydrogen-bond donors (Lipinski definition) is 2. The summed E-state index contributed by atoms with van der Waals surface area (Å²) in [5.41, 5.74) is 0.915. The lowest BCUT2D eigenvalue weighted by Gasteiger charge is -2.42. The molecule has 0 aliphatic carbocycles. The number of benzene rings is 3. The lowest BCUT2D eigenvalue weighted by Crippen LogP contribution is -2.46. The van der Waals surface area contributed by atoms with E-state index in [4.69, 9.17) is 10.00 Å². The second-order valence-corrected chi connectivity index (χ2v) is 8.80. The summed E-state index contributed by atoms with van der Waals surface area (Å²) in [5.74, 6) is -0.560. The number of nitrogens with zero attached hydrogens (tertiary/aromatic N) is 2. The van der Waals surface area contributed by atoms with Crippen molar-refractivity contribution in [3.8, 4) is 11.8 Å².